The highest BCUT2D eigenvalue weighted by molar-refractivity contribution is 5.86. The van der Waals surface area contributed by atoms with Gasteiger partial charge in [0.1, 0.15) is 6.54 Å². The fourth-order valence-electron chi connectivity index (χ4n) is 5.25. The summed E-state index contributed by atoms with van der Waals surface area (Å²) in [4.78, 5) is 25.4. The van der Waals surface area contributed by atoms with E-state index in [-0.39, 0.29) is 17.9 Å². The van der Waals surface area contributed by atoms with Crippen LogP contribution in [0.2, 0.25) is 0 Å². The van der Waals surface area contributed by atoms with Gasteiger partial charge in [-0.25, -0.2) is 0 Å². The Balaban J connectivity index is 1.81. The molecular weight excluding hydrogens is 254 g/mol. The first-order valence-corrected chi connectivity index (χ1v) is 7.64. The van der Waals surface area contributed by atoms with Crippen LogP contribution < -0.4 is 0 Å². The maximum atomic E-state index is 12.9. The highest BCUT2D eigenvalue weighted by Gasteiger charge is 2.55. The van der Waals surface area contributed by atoms with Crippen LogP contribution in [-0.2, 0) is 9.59 Å². The molecule has 4 saturated carbocycles. The van der Waals surface area contributed by atoms with Gasteiger partial charge in [0.25, 0.3) is 0 Å². The third kappa shape index (κ3) is 2.25. The molecule has 110 valence electrons. The van der Waals surface area contributed by atoms with E-state index >= 15 is 0 Å². The second kappa shape index (κ2) is 4.90. The van der Waals surface area contributed by atoms with Crippen LogP contribution in [0.5, 0.6) is 0 Å². The number of carboxylic acids is 1. The van der Waals surface area contributed by atoms with Crippen molar-refractivity contribution in [3.63, 3.8) is 0 Å². The number of aliphatic carboxylic acids is 1. The normalized spacial score (nSPS) is 37.7. The summed E-state index contributed by atoms with van der Waals surface area (Å²) >= 11 is 0. The third-order valence-corrected chi connectivity index (χ3v) is 5.45. The van der Waals surface area contributed by atoms with Crippen molar-refractivity contribution >= 4 is 11.9 Å². The zero-order chi connectivity index (χ0) is 14.3. The van der Waals surface area contributed by atoms with Crippen molar-refractivity contribution in [2.45, 2.75) is 38.5 Å². The molecule has 4 heteroatoms. The van der Waals surface area contributed by atoms with Crippen LogP contribution in [0.25, 0.3) is 0 Å². The minimum Gasteiger partial charge on any atom is -0.480 e. The van der Waals surface area contributed by atoms with Crippen molar-refractivity contribution in [1.29, 1.82) is 0 Å². The first kappa shape index (κ1) is 13.7. The topological polar surface area (TPSA) is 57.6 Å². The van der Waals surface area contributed by atoms with Gasteiger partial charge in [-0.3, -0.25) is 9.59 Å². The Morgan fingerprint density at radius 3 is 2.05 bits per heavy atom. The lowest BCUT2D eigenvalue weighted by atomic mass is 9.49. The van der Waals surface area contributed by atoms with E-state index in [1.54, 1.807) is 6.08 Å². The van der Waals surface area contributed by atoms with Gasteiger partial charge in [0.15, 0.2) is 0 Å². The Bertz CT molecular complexity index is 408. The lowest BCUT2D eigenvalue weighted by molar-refractivity contribution is -0.160. The van der Waals surface area contributed by atoms with Gasteiger partial charge in [0, 0.05) is 6.54 Å². The van der Waals surface area contributed by atoms with Crippen LogP contribution in [0.1, 0.15) is 38.5 Å². The summed E-state index contributed by atoms with van der Waals surface area (Å²) in [6.07, 6.45) is 8.41. The van der Waals surface area contributed by atoms with E-state index in [0.29, 0.717) is 24.3 Å². The van der Waals surface area contributed by atoms with Gasteiger partial charge < -0.3 is 10.0 Å². The molecule has 1 amide bonds. The minimum absolute atomic E-state index is 0.0684. The molecule has 0 aromatic rings. The molecule has 20 heavy (non-hydrogen) atoms. The highest BCUT2D eigenvalue weighted by atomic mass is 16.4. The number of hydrogen-bond acceptors (Lipinski definition) is 2. The van der Waals surface area contributed by atoms with Gasteiger partial charge in [0.05, 0.1) is 5.41 Å². The molecule has 0 radical (unpaired) electrons. The number of carboxylic acid groups (broad SMARTS) is 1. The molecular formula is C16H23NO3. The lowest BCUT2D eigenvalue weighted by Crippen LogP contribution is -2.55. The van der Waals surface area contributed by atoms with E-state index in [0.717, 1.165) is 19.3 Å². The molecule has 0 aliphatic heterocycles. The van der Waals surface area contributed by atoms with Crippen molar-refractivity contribution in [2.24, 2.45) is 23.2 Å². The van der Waals surface area contributed by atoms with E-state index in [9.17, 15) is 9.59 Å². The summed E-state index contributed by atoms with van der Waals surface area (Å²) in [5, 5.41) is 9.01. The van der Waals surface area contributed by atoms with Crippen molar-refractivity contribution in [3.8, 4) is 0 Å². The zero-order valence-electron chi connectivity index (χ0n) is 11.9. The Kier molecular flexibility index (Phi) is 3.35. The number of carbonyl (C=O) groups excluding carboxylic acids is 1. The monoisotopic (exact) mass is 277 g/mol. The van der Waals surface area contributed by atoms with Crippen LogP contribution in [0.15, 0.2) is 12.7 Å². The van der Waals surface area contributed by atoms with Crippen molar-refractivity contribution in [1.82, 2.24) is 4.90 Å². The predicted octanol–water partition coefficient (Wildman–Crippen LogP) is 2.30. The Morgan fingerprint density at radius 1 is 1.15 bits per heavy atom. The van der Waals surface area contributed by atoms with Gasteiger partial charge in [0.2, 0.25) is 5.91 Å². The molecule has 0 unspecified atom stereocenters. The summed E-state index contributed by atoms with van der Waals surface area (Å²) < 4.78 is 0. The zero-order valence-corrected chi connectivity index (χ0v) is 11.9. The molecule has 0 saturated heterocycles. The van der Waals surface area contributed by atoms with E-state index in [1.807, 2.05) is 0 Å². The summed E-state index contributed by atoms with van der Waals surface area (Å²) in [6, 6.07) is 0. The van der Waals surface area contributed by atoms with E-state index < -0.39 is 5.97 Å². The third-order valence-electron chi connectivity index (χ3n) is 5.45. The summed E-state index contributed by atoms with van der Waals surface area (Å²) in [5.74, 6) is 1.21. The number of carbonyl (C=O) groups is 2. The molecule has 4 fully saturated rings. The van der Waals surface area contributed by atoms with Gasteiger partial charge in [-0.1, -0.05) is 6.08 Å². The SMILES string of the molecule is C=CCN(CC(=O)O)C(=O)C12CC3CC(CC(C3)C1)C2. The average Bonchev–Trinajstić information content (AvgIpc) is 2.35. The number of amides is 1. The molecule has 4 rings (SSSR count). The fraction of sp³-hybridized carbons (Fsp3) is 0.750. The Morgan fingerprint density at radius 2 is 1.65 bits per heavy atom. The van der Waals surface area contributed by atoms with Gasteiger partial charge in [-0.2, -0.15) is 0 Å². The van der Waals surface area contributed by atoms with E-state index in [1.165, 1.54) is 24.2 Å². The van der Waals surface area contributed by atoms with Gasteiger partial charge >= 0.3 is 5.97 Å². The van der Waals surface area contributed by atoms with Crippen LogP contribution >= 0.6 is 0 Å². The standard InChI is InChI=1S/C16H23NO3/c1-2-3-17(10-14(18)19)15(20)16-7-11-4-12(8-16)6-13(5-11)9-16/h2,11-13H,1,3-10H2,(H,18,19). The van der Waals surface area contributed by atoms with E-state index in [2.05, 4.69) is 6.58 Å². The van der Waals surface area contributed by atoms with Crippen molar-refractivity contribution in [3.05, 3.63) is 12.7 Å². The largest absolute Gasteiger partial charge is 0.480 e. The first-order chi connectivity index (χ1) is 9.52. The molecule has 0 aromatic carbocycles. The maximum Gasteiger partial charge on any atom is 0.323 e. The highest BCUT2D eigenvalue weighted by Crippen LogP contribution is 2.60. The second-order valence-corrected chi connectivity index (χ2v) is 7.07. The van der Waals surface area contributed by atoms with Crippen LogP contribution in [-0.4, -0.2) is 35.0 Å². The summed E-state index contributed by atoms with van der Waals surface area (Å²) in [6.45, 7) is 3.79. The second-order valence-electron chi connectivity index (χ2n) is 7.07. The molecule has 4 nitrogen and oxygen atoms in total. The Labute approximate surface area is 119 Å². The molecule has 0 aromatic heterocycles. The minimum atomic E-state index is -0.940. The summed E-state index contributed by atoms with van der Waals surface area (Å²) in [5.41, 5.74) is -0.257. The smallest absolute Gasteiger partial charge is 0.323 e. The van der Waals surface area contributed by atoms with Gasteiger partial charge in [-0.05, 0) is 56.3 Å². The Hall–Kier alpha value is -1.32. The fourth-order valence-corrected chi connectivity index (χ4v) is 5.25. The summed E-state index contributed by atoms with van der Waals surface area (Å²) in [7, 11) is 0. The molecule has 0 heterocycles. The molecule has 1 N–H and O–H groups in total. The maximum absolute atomic E-state index is 12.9. The quantitative estimate of drug-likeness (QED) is 0.784. The van der Waals surface area contributed by atoms with Crippen LogP contribution in [0.4, 0.5) is 0 Å². The van der Waals surface area contributed by atoms with Crippen molar-refractivity contribution < 1.29 is 14.7 Å². The number of hydrogen-bond donors (Lipinski definition) is 1. The van der Waals surface area contributed by atoms with Crippen LogP contribution in [0.3, 0.4) is 0 Å². The number of nitrogens with zero attached hydrogens (tertiary/aromatic N) is 1. The predicted molar refractivity (Wildman–Crippen MR) is 75.0 cm³/mol. The first-order valence-electron chi connectivity index (χ1n) is 7.64. The molecule has 4 aliphatic carbocycles. The van der Waals surface area contributed by atoms with Crippen LogP contribution in [0, 0.1) is 23.2 Å². The molecule has 4 aliphatic rings. The number of rotatable bonds is 5. The van der Waals surface area contributed by atoms with E-state index in [4.69, 9.17) is 5.11 Å². The van der Waals surface area contributed by atoms with Gasteiger partial charge in [-0.15, -0.1) is 6.58 Å². The average molecular weight is 277 g/mol. The molecule has 4 bridgehead atoms. The molecule has 0 spiro atoms. The molecule has 0 atom stereocenters. The lowest BCUT2D eigenvalue weighted by Gasteiger charge is -2.56. The van der Waals surface area contributed by atoms with Crippen molar-refractivity contribution in [2.75, 3.05) is 13.1 Å².